The van der Waals surface area contributed by atoms with Gasteiger partial charge in [-0.05, 0) is 36.9 Å². The van der Waals surface area contributed by atoms with Crippen molar-refractivity contribution < 1.29 is 4.92 Å². The average molecular weight is 278 g/mol. The van der Waals surface area contributed by atoms with Gasteiger partial charge in [-0.2, -0.15) is 0 Å². The number of nitrogen functional groups attached to an aromatic ring is 1. The highest BCUT2D eigenvalue weighted by Gasteiger charge is 2.21. The fourth-order valence-electron chi connectivity index (χ4n) is 2.55. The second-order valence-corrected chi connectivity index (χ2v) is 5.37. The molecular weight excluding hydrogens is 256 g/mol. The third-order valence-corrected chi connectivity index (χ3v) is 4.04. The van der Waals surface area contributed by atoms with E-state index < -0.39 is 0 Å². The number of hydrogen-bond acceptors (Lipinski definition) is 5. The largest absolute Gasteiger partial charge is 0.324 e. The number of hydrazine groups is 1. The zero-order valence-electron chi connectivity index (χ0n) is 11.8. The van der Waals surface area contributed by atoms with E-state index in [9.17, 15) is 10.1 Å². The minimum absolute atomic E-state index is 0.110. The predicted molar refractivity (Wildman–Crippen MR) is 79.2 cm³/mol. The van der Waals surface area contributed by atoms with Crippen LogP contribution in [0.2, 0.25) is 0 Å². The Balaban J connectivity index is 2.11. The van der Waals surface area contributed by atoms with E-state index >= 15 is 0 Å². The number of nitro benzene ring substituents is 1. The Hall–Kier alpha value is -1.66. The molecule has 1 aromatic carbocycles. The molecule has 1 aliphatic carbocycles. The lowest BCUT2D eigenvalue weighted by atomic mass is 9.85. The summed E-state index contributed by atoms with van der Waals surface area (Å²) in [4.78, 5) is 12.8. The highest BCUT2D eigenvalue weighted by molar-refractivity contribution is 5.55. The number of anilines is 1. The SMILES string of the molecule is CCN(Cc1cc([N+](=O)[O-])ccc1NN)CC1CCC1. The molecule has 0 atom stereocenters. The first-order valence-corrected chi connectivity index (χ1v) is 7.10. The molecule has 2 rings (SSSR count). The van der Waals surface area contributed by atoms with Crippen molar-refractivity contribution in [3.63, 3.8) is 0 Å². The van der Waals surface area contributed by atoms with Gasteiger partial charge in [-0.15, -0.1) is 0 Å². The van der Waals surface area contributed by atoms with Crippen molar-refractivity contribution in [1.29, 1.82) is 0 Å². The van der Waals surface area contributed by atoms with Crippen molar-refractivity contribution in [1.82, 2.24) is 4.90 Å². The molecule has 0 spiro atoms. The van der Waals surface area contributed by atoms with Crippen molar-refractivity contribution in [2.24, 2.45) is 11.8 Å². The van der Waals surface area contributed by atoms with E-state index in [0.29, 0.717) is 6.54 Å². The molecule has 0 aliphatic heterocycles. The summed E-state index contributed by atoms with van der Waals surface area (Å²) < 4.78 is 0. The van der Waals surface area contributed by atoms with Gasteiger partial charge >= 0.3 is 0 Å². The van der Waals surface area contributed by atoms with Gasteiger partial charge in [-0.3, -0.25) is 20.9 Å². The van der Waals surface area contributed by atoms with Gasteiger partial charge in [0.2, 0.25) is 0 Å². The molecule has 0 saturated heterocycles. The molecule has 3 N–H and O–H groups in total. The van der Waals surface area contributed by atoms with Crippen LogP contribution in [-0.2, 0) is 6.54 Å². The summed E-state index contributed by atoms with van der Waals surface area (Å²) in [6, 6.07) is 4.75. The van der Waals surface area contributed by atoms with Gasteiger partial charge < -0.3 is 5.43 Å². The average Bonchev–Trinajstić information content (AvgIpc) is 2.40. The van der Waals surface area contributed by atoms with Crippen LogP contribution in [0.4, 0.5) is 11.4 Å². The van der Waals surface area contributed by atoms with Crippen LogP contribution in [0.25, 0.3) is 0 Å². The predicted octanol–water partition coefficient (Wildman–Crippen LogP) is 2.50. The Morgan fingerprint density at radius 1 is 1.50 bits per heavy atom. The minimum atomic E-state index is -0.369. The van der Waals surface area contributed by atoms with Crippen LogP contribution >= 0.6 is 0 Å². The van der Waals surface area contributed by atoms with Crippen LogP contribution in [0.3, 0.4) is 0 Å². The Bertz CT molecular complexity index is 474. The number of nitrogens with one attached hydrogen (secondary N) is 1. The lowest BCUT2D eigenvalue weighted by Crippen LogP contribution is -2.32. The molecule has 1 aromatic rings. The molecule has 1 saturated carbocycles. The van der Waals surface area contributed by atoms with Gasteiger partial charge in [0.25, 0.3) is 5.69 Å². The number of nitrogens with two attached hydrogens (primary N) is 1. The monoisotopic (exact) mass is 278 g/mol. The van der Waals surface area contributed by atoms with Crippen molar-refractivity contribution in [2.75, 3.05) is 18.5 Å². The molecule has 0 aromatic heterocycles. The quantitative estimate of drug-likeness (QED) is 0.455. The third-order valence-electron chi connectivity index (χ3n) is 4.04. The van der Waals surface area contributed by atoms with Gasteiger partial charge in [-0.1, -0.05) is 13.3 Å². The van der Waals surface area contributed by atoms with E-state index in [1.807, 2.05) is 0 Å². The first-order chi connectivity index (χ1) is 9.63. The van der Waals surface area contributed by atoms with Crippen LogP contribution in [-0.4, -0.2) is 22.9 Å². The van der Waals surface area contributed by atoms with Crippen molar-refractivity contribution in [2.45, 2.75) is 32.7 Å². The Morgan fingerprint density at radius 2 is 2.25 bits per heavy atom. The van der Waals surface area contributed by atoms with E-state index in [1.54, 1.807) is 12.1 Å². The molecule has 1 aliphatic rings. The number of nitrogens with zero attached hydrogens (tertiary/aromatic N) is 2. The molecule has 0 unspecified atom stereocenters. The molecule has 6 nitrogen and oxygen atoms in total. The van der Waals surface area contributed by atoms with Gasteiger partial charge in [0.15, 0.2) is 0 Å². The summed E-state index contributed by atoms with van der Waals surface area (Å²) in [6.45, 7) is 4.80. The summed E-state index contributed by atoms with van der Waals surface area (Å²) >= 11 is 0. The summed E-state index contributed by atoms with van der Waals surface area (Å²) in [7, 11) is 0. The van der Waals surface area contributed by atoms with E-state index in [0.717, 1.165) is 30.3 Å². The zero-order valence-corrected chi connectivity index (χ0v) is 11.8. The Kier molecular flexibility index (Phi) is 4.92. The lowest BCUT2D eigenvalue weighted by Gasteiger charge is -2.32. The van der Waals surface area contributed by atoms with Gasteiger partial charge in [0.1, 0.15) is 0 Å². The third kappa shape index (κ3) is 3.46. The number of hydrogen-bond donors (Lipinski definition) is 2. The lowest BCUT2D eigenvalue weighted by molar-refractivity contribution is -0.384. The zero-order chi connectivity index (χ0) is 14.5. The summed E-state index contributed by atoms with van der Waals surface area (Å²) in [6.07, 6.45) is 3.93. The van der Waals surface area contributed by atoms with E-state index in [4.69, 9.17) is 5.84 Å². The van der Waals surface area contributed by atoms with Crippen LogP contribution in [0.5, 0.6) is 0 Å². The maximum Gasteiger partial charge on any atom is 0.269 e. The van der Waals surface area contributed by atoms with Crippen molar-refractivity contribution in [3.05, 3.63) is 33.9 Å². The summed E-state index contributed by atoms with van der Waals surface area (Å²) in [5.41, 5.74) is 4.36. The second kappa shape index (κ2) is 6.67. The molecule has 0 bridgehead atoms. The van der Waals surface area contributed by atoms with E-state index in [1.165, 1.54) is 25.3 Å². The maximum absolute atomic E-state index is 10.9. The molecule has 110 valence electrons. The normalized spacial score (nSPS) is 15.2. The molecule has 6 heteroatoms. The Labute approximate surface area is 119 Å². The topological polar surface area (TPSA) is 84.4 Å². The molecule has 0 amide bonds. The molecular formula is C14H22N4O2. The number of benzene rings is 1. The standard InChI is InChI=1S/C14H22N4O2/c1-2-17(9-11-4-3-5-11)10-12-8-13(18(19)20)6-7-14(12)16-15/h6-8,11,16H,2-5,9-10,15H2,1H3. The smallest absolute Gasteiger partial charge is 0.269 e. The first-order valence-electron chi connectivity index (χ1n) is 7.10. The van der Waals surface area contributed by atoms with Gasteiger partial charge in [0.05, 0.1) is 10.6 Å². The van der Waals surface area contributed by atoms with Crippen LogP contribution < -0.4 is 11.3 Å². The van der Waals surface area contributed by atoms with Crippen molar-refractivity contribution in [3.8, 4) is 0 Å². The van der Waals surface area contributed by atoms with Crippen LogP contribution in [0.1, 0.15) is 31.7 Å². The fraction of sp³-hybridized carbons (Fsp3) is 0.571. The molecule has 0 radical (unpaired) electrons. The van der Waals surface area contributed by atoms with E-state index in [-0.39, 0.29) is 10.6 Å². The number of nitro groups is 1. The maximum atomic E-state index is 10.9. The van der Waals surface area contributed by atoms with Gasteiger partial charge in [-0.25, -0.2) is 0 Å². The molecule has 0 heterocycles. The highest BCUT2D eigenvalue weighted by atomic mass is 16.6. The van der Waals surface area contributed by atoms with Crippen LogP contribution in [0.15, 0.2) is 18.2 Å². The van der Waals surface area contributed by atoms with Crippen molar-refractivity contribution >= 4 is 11.4 Å². The first kappa shape index (κ1) is 14.7. The fourth-order valence-corrected chi connectivity index (χ4v) is 2.55. The number of non-ortho nitro benzene ring substituents is 1. The summed E-state index contributed by atoms with van der Waals surface area (Å²) in [5.74, 6) is 6.27. The van der Waals surface area contributed by atoms with Crippen LogP contribution in [0, 0.1) is 16.0 Å². The second-order valence-electron chi connectivity index (χ2n) is 5.37. The highest BCUT2D eigenvalue weighted by Crippen LogP contribution is 2.28. The Morgan fingerprint density at radius 3 is 2.75 bits per heavy atom. The molecule has 20 heavy (non-hydrogen) atoms. The summed E-state index contributed by atoms with van der Waals surface area (Å²) in [5, 5.41) is 10.9. The minimum Gasteiger partial charge on any atom is -0.324 e. The number of rotatable bonds is 7. The molecule has 1 fully saturated rings. The van der Waals surface area contributed by atoms with Gasteiger partial charge in [0, 0.05) is 25.2 Å². The van der Waals surface area contributed by atoms with E-state index in [2.05, 4.69) is 17.2 Å².